The number of carbonyl (C=O) groups is 1. The van der Waals surface area contributed by atoms with E-state index in [0.29, 0.717) is 12.1 Å². The highest BCUT2D eigenvalue weighted by Crippen LogP contribution is 2.19. The number of nitrogens with zero attached hydrogens (tertiary/aromatic N) is 1. The number of hydrogen-bond acceptors (Lipinski definition) is 2. The van der Waals surface area contributed by atoms with Crippen molar-refractivity contribution < 1.29 is 4.79 Å². The second-order valence-electron chi connectivity index (χ2n) is 6.50. The number of aromatic nitrogens is 2. The first-order chi connectivity index (χ1) is 13.3. The first-order valence-corrected chi connectivity index (χ1v) is 9.17. The monoisotopic (exact) mass is 355 g/mol. The maximum absolute atomic E-state index is 12.3. The average molecular weight is 355 g/mol. The van der Waals surface area contributed by atoms with Gasteiger partial charge in [0.2, 0.25) is 0 Å². The topological polar surface area (TPSA) is 57.8 Å². The van der Waals surface area contributed by atoms with E-state index in [1.54, 1.807) is 0 Å². The molecule has 0 saturated heterocycles. The normalized spacial score (nSPS) is 10.8. The summed E-state index contributed by atoms with van der Waals surface area (Å²) in [6.07, 6.45) is 1.65. The van der Waals surface area contributed by atoms with E-state index >= 15 is 0 Å². The molecule has 0 unspecified atom stereocenters. The lowest BCUT2D eigenvalue weighted by Gasteiger charge is -2.06. The Kier molecular flexibility index (Phi) is 4.97. The Morgan fingerprint density at radius 1 is 0.852 bits per heavy atom. The van der Waals surface area contributed by atoms with Crippen LogP contribution < -0.4 is 5.32 Å². The molecule has 4 heteroatoms. The molecule has 1 aromatic heterocycles. The van der Waals surface area contributed by atoms with Gasteiger partial charge in [0, 0.05) is 18.5 Å². The molecule has 1 heterocycles. The number of carbonyl (C=O) groups excluding carboxylic acids is 1. The molecule has 0 spiro atoms. The third-order valence-corrected chi connectivity index (χ3v) is 4.57. The molecular weight excluding hydrogens is 334 g/mol. The van der Waals surface area contributed by atoms with Crippen LogP contribution in [0.25, 0.3) is 22.2 Å². The summed E-state index contributed by atoms with van der Waals surface area (Å²) in [5, 5.41) is 2.98. The van der Waals surface area contributed by atoms with Crippen LogP contribution in [0.2, 0.25) is 0 Å². The highest BCUT2D eigenvalue weighted by molar-refractivity contribution is 5.94. The molecule has 2 N–H and O–H groups in total. The summed E-state index contributed by atoms with van der Waals surface area (Å²) >= 11 is 0. The fourth-order valence-electron chi connectivity index (χ4n) is 3.13. The summed E-state index contributed by atoms with van der Waals surface area (Å²) in [4.78, 5) is 20.2. The molecule has 4 rings (SSSR count). The van der Waals surface area contributed by atoms with Gasteiger partial charge < -0.3 is 10.3 Å². The lowest BCUT2D eigenvalue weighted by Crippen LogP contribution is -2.24. The van der Waals surface area contributed by atoms with Crippen LogP contribution in [0.3, 0.4) is 0 Å². The minimum absolute atomic E-state index is 0.0424. The molecule has 0 saturated carbocycles. The van der Waals surface area contributed by atoms with E-state index in [9.17, 15) is 4.79 Å². The zero-order valence-electron chi connectivity index (χ0n) is 15.0. The van der Waals surface area contributed by atoms with Gasteiger partial charge in [0.1, 0.15) is 5.82 Å². The number of hydrogen-bond donors (Lipinski definition) is 2. The predicted molar refractivity (Wildman–Crippen MR) is 109 cm³/mol. The standard InChI is InChI=1S/C23H21N3O/c27-23(19-14-12-18(13-15-19)17-7-2-1-3-8-17)24-16-6-11-22-25-20-9-4-5-10-21(20)26-22/h1-5,7-10,12-15H,6,11,16H2,(H,24,27)(H,25,26). The van der Waals surface area contributed by atoms with Gasteiger partial charge in [-0.3, -0.25) is 4.79 Å². The van der Waals surface area contributed by atoms with Crippen molar-refractivity contribution in [3.8, 4) is 11.1 Å². The van der Waals surface area contributed by atoms with Gasteiger partial charge in [-0.25, -0.2) is 4.98 Å². The lowest BCUT2D eigenvalue weighted by atomic mass is 10.0. The molecule has 1 amide bonds. The molecule has 0 aliphatic heterocycles. The van der Waals surface area contributed by atoms with Gasteiger partial charge in [0.15, 0.2) is 0 Å². The van der Waals surface area contributed by atoms with Crippen LogP contribution in [0.15, 0.2) is 78.9 Å². The van der Waals surface area contributed by atoms with E-state index in [0.717, 1.165) is 40.8 Å². The second kappa shape index (κ2) is 7.87. The molecule has 4 nitrogen and oxygen atoms in total. The Hall–Kier alpha value is -3.40. The number of benzene rings is 3. The van der Waals surface area contributed by atoms with Crippen molar-refractivity contribution in [3.63, 3.8) is 0 Å². The number of fused-ring (bicyclic) bond motifs is 1. The molecule has 0 aliphatic carbocycles. The summed E-state index contributed by atoms with van der Waals surface area (Å²) in [7, 11) is 0. The van der Waals surface area contributed by atoms with Gasteiger partial charge in [-0.15, -0.1) is 0 Å². The van der Waals surface area contributed by atoms with Crippen LogP contribution in [0, 0.1) is 0 Å². The minimum atomic E-state index is -0.0424. The van der Waals surface area contributed by atoms with Crippen LogP contribution in [-0.4, -0.2) is 22.4 Å². The summed E-state index contributed by atoms with van der Waals surface area (Å²) in [5.74, 6) is 0.914. The van der Waals surface area contributed by atoms with Crippen molar-refractivity contribution in [3.05, 3.63) is 90.3 Å². The first kappa shape index (κ1) is 17.0. The smallest absolute Gasteiger partial charge is 0.251 e. The maximum Gasteiger partial charge on any atom is 0.251 e. The first-order valence-electron chi connectivity index (χ1n) is 9.17. The van der Waals surface area contributed by atoms with Crippen LogP contribution in [-0.2, 0) is 6.42 Å². The second-order valence-corrected chi connectivity index (χ2v) is 6.50. The molecule has 3 aromatic carbocycles. The largest absolute Gasteiger partial charge is 0.352 e. The van der Waals surface area contributed by atoms with Gasteiger partial charge in [0.25, 0.3) is 5.91 Å². The third kappa shape index (κ3) is 4.06. The molecule has 4 aromatic rings. The van der Waals surface area contributed by atoms with Gasteiger partial charge in [-0.05, 0) is 41.8 Å². The van der Waals surface area contributed by atoms with E-state index in [4.69, 9.17) is 0 Å². The van der Waals surface area contributed by atoms with Gasteiger partial charge in [0.05, 0.1) is 11.0 Å². The minimum Gasteiger partial charge on any atom is -0.352 e. The summed E-state index contributed by atoms with van der Waals surface area (Å²) in [5.41, 5.74) is 4.97. The molecule has 0 aliphatic rings. The summed E-state index contributed by atoms with van der Waals surface area (Å²) in [6, 6.07) is 25.9. The number of H-pyrrole nitrogens is 1. The van der Waals surface area contributed by atoms with Crippen LogP contribution >= 0.6 is 0 Å². The van der Waals surface area contributed by atoms with Crippen molar-refractivity contribution in [2.75, 3.05) is 6.54 Å². The Balaban J connectivity index is 1.29. The van der Waals surface area contributed by atoms with Gasteiger partial charge >= 0.3 is 0 Å². The Morgan fingerprint density at radius 2 is 1.56 bits per heavy atom. The summed E-state index contributed by atoms with van der Waals surface area (Å²) in [6.45, 7) is 0.621. The highest BCUT2D eigenvalue weighted by atomic mass is 16.1. The quantitative estimate of drug-likeness (QED) is 0.497. The number of amides is 1. The number of nitrogens with one attached hydrogen (secondary N) is 2. The fourth-order valence-corrected chi connectivity index (χ4v) is 3.13. The van der Waals surface area contributed by atoms with Crippen molar-refractivity contribution in [2.45, 2.75) is 12.8 Å². The zero-order chi connectivity index (χ0) is 18.5. The van der Waals surface area contributed by atoms with E-state index in [1.165, 1.54) is 0 Å². The van der Waals surface area contributed by atoms with Crippen LogP contribution in [0.1, 0.15) is 22.6 Å². The molecule has 0 atom stereocenters. The number of aryl methyl sites for hydroxylation is 1. The Morgan fingerprint density at radius 3 is 2.33 bits per heavy atom. The number of rotatable bonds is 6. The maximum atomic E-state index is 12.3. The molecule has 134 valence electrons. The van der Waals surface area contributed by atoms with Gasteiger partial charge in [-0.1, -0.05) is 54.6 Å². The van der Waals surface area contributed by atoms with E-state index in [1.807, 2.05) is 66.7 Å². The van der Waals surface area contributed by atoms with Crippen LogP contribution in [0.4, 0.5) is 0 Å². The van der Waals surface area contributed by atoms with E-state index < -0.39 is 0 Å². The fraction of sp³-hybridized carbons (Fsp3) is 0.130. The summed E-state index contributed by atoms with van der Waals surface area (Å²) < 4.78 is 0. The van der Waals surface area contributed by atoms with Crippen molar-refractivity contribution in [1.82, 2.24) is 15.3 Å². The molecular formula is C23H21N3O. The molecule has 0 fully saturated rings. The van der Waals surface area contributed by atoms with E-state index in [-0.39, 0.29) is 5.91 Å². The highest BCUT2D eigenvalue weighted by Gasteiger charge is 2.06. The third-order valence-electron chi connectivity index (χ3n) is 4.57. The molecule has 27 heavy (non-hydrogen) atoms. The average Bonchev–Trinajstić information content (AvgIpc) is 3.15. The van der Waals surface area contributed by atoms with Crippen molar-refractivity contribution in [1.29, 1.82) is 0 Å². The number of para-hydroxylation sites is 2. The zero-order valence-corrected chi connectivity index (χ0v) is 15.0. The van der Waals surface area contributed by atoms with E-state index in [2.05, 4.69) is 27.4 Å². The molecule has 0 radical (unpaired) electrons. The lowest BCUT2D eigenvalue weighted by molar-refractivity contribution is 0.0953. The Labute approximate surface area is 158 Å². The predicted octanol–water partition coefficient (Wildman–Crippen LogP) is 4.59. The Bertz CT molecular complexity index is 1000. The number of imidazole rings is 1. The molecule has 0 bridgehead atoms. The van der Waals surface area contributed by atoms with Crippen molar-refractivity contribution in [2.24, 2.45) is 0 Å². The van der Waals surface area contributed by atoms with Crippen molar-refractivity contribution >= 4 is 16.9 Å². The SMILES string of the molecule is O=C(NCCCc1nc2ccccc2[nH]1)c1ccc(-c2ccccc2)cc1. The number of aromatic amines is 1. The van der Waals surface area contributed by atoms with Crippen LogP contribution in [0.5, 0.6) is 0 Å². The van der Waals surface area contributed by atoms with Gasteiger partial charge in [-0.2, -0.15) is 0 Å².